The Kier molecular flexibility index (Phi) is 7.05. The van der Waals surface area contributed by atoms with E-state index in [4.69, 9.17) is 4.74 Å². The van der Waals surface area contributed by atoms with Gasteiger partial charge in [-0.3, -0.25) is 24.8 Å². The van der Waals surface area contributed by atoms with Gasteiger partial charge in [0.05, 0.1) is 11.6 Å². The van der Waals surface area contributed by atoms with Crippen molar-refractivity contribution < 1.29 is 9.84 Å². The summed E-state index contributed by atoms with van der Waals surface area (Å²) in [6, 6.07) is 18.2. The molecule has 1 saturated heterocycles. The van der Waals surface area contributed by atoms with Crippen molar-refractivity contribution in [2.75, 3.05) is 39.3 Å². The van der Waals surface area contributed by atoms with Gasteiger partial charge in [0, 0.05) is 69.1 Å². The van der Waals surface area contributed by atoms with Crippen LogP contribution in [0.25, 0.3) is 10.9 Å². The summed E-state index contributed by atoms with van der Waals surface area (Å²) in [5.41, 5.74) is 3.35. The third kappa shape index (κ3) is 5.22. The van der Waals surface area contributed by atoms with E-state index < -0.39 is 6.10 Å². The van der Waals surface area contributed by atoms with Crippen LogP contribution in [0.3, 0.4) is 0 Å². The lowest BCUT2D eigenvalue weighted by Gasteiger charge is -2.40. The van der Waals surface area contributed by atoms with Crippen molar-refractivity contribution in [3.63, 3.8) is 0 Å². The molecule has 0 saturated carbocycles. The van der Waals surface area contributed by atoms with Crippen LogP contribution < -0.4 is 4.74 Å². The molecule has 7 heteroatoms. The number of hydrogen-bond acceptors (Lipinski definition) is 7. The topological polar surface area (TPSA) is 74.6 Å². The van der Waals surface area contributed by atoms with Gasteiger partial charge in [-0.05, 0) is 59.7 Å². The van der Waals surface area contributed by atoms with Crippen molar-refractivity contribution in [2.45, 2.75) is 12.1 Å². The molecule has 3 aromatic heterocycles. The zero-order valence-electron chi connectivity index (χ0n) is 19.1. The van der Waals surface area contributed by atoms with E-state index >= 15 is 0 Å². The van der Waals surface area contributed by atoms with E-state index in [0.717, 1.165) is 42.8 Å². The van der Waals surface area contributed by atoms with Gasteiger partial charge in [0.2, 0.25) is 0 Å². The molecule has 0 amide bonds. The number of aromatic nitrogens is 3. The fourth-order valence-electron chi connectivity index (χ4n) is 4.65. The molecular formula is C27H29N5O2. The minimum absolute atomic E-state index is 0.168. The molecule has 1 aliphatic rings. The number of piperazine rings is 1. The minimum Gasteiger partial charge on any atom is -0.490 e. The predicted molar refractivity (Wildman–Crippen MR) is 132 cm³/mol. The minimum atomic E-state index is -0.560. The maximum absolute atomic E-state index is 10.7. The highest BCUT2D eigenvalue weighted by Gasteiger charge is 2.27. The van der Waals surface area contributed by atoms with Crippen LogP contribution in [0.4, 0.5) is 0 Å². The first-order chi connectivity index (χ1) is 16.8. The number of ether oxygens (including phenoxy) is 1. The molecule has 7 nitrogen and oxygen atoms in total. The van der Waals surface area contributed by atoms with Crippen LogP contribution in [0.1, 0.15) is 17.2 Å². The molecular weight excluding hydrogens is 426 g/mol. The third-order valence-corrected chi connectivity index (χ3v) is 6.32. The van der Waals surface area contributed by atoms with Crippen LogP contribution in [-0.4, -0.2) is 75.3 Å². The summed E-state index contributed by atoms with van der Waals surface area (Å²) in [7, 11) is 0. The van der Waals surface area contributed by atoms with Gasteiger partial charge in [-0.2, -0.15) is 0 Å². The van der Waals surface area contributed by atoms with E-state index in [1.165, 1.54) is 11.1 Å². The molecule has 1 fully saturated rings. The van der Waals surface area contributed by atoms with Crippen LogP contribution >= 0.6 is 0 Å². The number of benzene rings is 1. The standard InChI is InChI=1S/C27H29N5O2/c33-23(20-34-26-5-1-4-25-24(26)3-2-10-30-25)19-31-15-17-32(18-16-31)27(21-6-11-28-12-7-21)22-8-13-29-14-9-22/h1-14,23,27,33H,15-20H2. The van der Waals surface area contributed by atoms with Crippen LogP contribution in [0.5, 0.6) is 5.75 Å². The number of aliphatic hydroxyl groups is 1. The normalized spacial score (nSPS) is 16.1. The fourth-order valence-corrected chi connectivity index (χ4v) is 4.65. The number of nitrogens with zero attached hydrogens (tertiary/aromatic N) is 5. The summed E-state index contributed by atoms with van der Waals surface area (Å²) in [5, 5.41) is 11.6. The Balaban J connectivity index is 1.17. The number of pyridine rings is 3. The van der Waals surface area contributed by atoms with Crippen molar-refractivity contribution in [1.82, 2.24) is 24.8 Å². The van der Waals surface area contributed by atoms with Crippen molar-refractivity contribution >= 4 is 10.9 Å². The van der Waals surface area contributed by atoms with E-state index in [1.54, 1.807) is 6.20 Å². The summed E-state index contributed by atoms with van der Waals surface area (Å²) < 4.78 is 5.96. The molecule has 0 bridgehead atoms. The molecule has 0 aliphatic carbocycles. The Morgan fingerprint density at radius 3 is 2.15 bits per heavy atom. The molecule has 0 spiro atoms. The zero-order chi connectivity index (χ0) is 23.2. The Morgan fingerprint density at radius 1 is 0.794 bits per heavy atom. The lowest BCUT2D eigenvalue weighted by atomic mass is 9.98. The van der Waals surface area contributed by atoms with Gasteiger partial charge in [0.15, 0.2) is 0 Å². The van der Waals surface area contributed by atoms with Gasteiger partial charge >= 0.3 is 0 Å². The third-order valence-electron chi connectivity index (χ3n) is 6.32. The largest absolute Gasteiger partial charge is 0.490 e. The monoisotopic (exact) mass is 455 g/mol. The van der Waals surface area contributed by atoms with Gasteiger partial charge in [-0.25, -0.2) is 0 Å². The second kappa shape index (κ2) is 10.7. The second-order valence-corrected chi connectivity index (χ2v) is 8.59. The maximum atomic E-state index is 10.7. The van der Waals surface area contributed by atoms with Crippen LogP contribution in [-0.2, 0) is 0 Å². The van der Waals surface area contributed by atoms with Gasteiger partial charge < -0.3 is 9.84 Å². The number of rotatable bonds is 8. The highest BCUT2D eigenvalue weighted by Crippen LogP contribution is 2.29. The van der Waals surface area contributed by atoms with Crippen LogP contribution in [0.15, 0.2) is 85.6 Å². The molecule has 1 aromatic carbocycles. The van der Waals surface area contributed by atoms with E-state index in [1.807, 2.05) is 55.1 Å². The molecule has 1 aliphatic heterocycles. The lowest BCUT2D eigenvalue weighted by Crippen LogP contribution is -2.50. The number of hydrogen-bond donors (Lipinski definition) is 1. The van der Waals surface area contributed by atoms with E-state index in [9.17, 15) is 5.11 Å². The number of β-amino-alcohol motifs (C(OH)–C–C–N with tert-alkyl or cyclic N) is 1. The molecule has 174 valence electrons. The van der Waals surface area contributed by atoms with Crippen LogP contribution in [0.2, 0.25) is 0 Å². The van der Waals surface area contributed by atoms with Gasteiger partial charge in [-0.15, -0.1) is 0 Å². The molecule has 34 heavy (non-hydrogen) atoms. The highest BCUT2D eigenvalue weighted by molar-refractivity contribution is 5.84. The van der Waals surface area contributed by atoms with Gasteiger partial charge in [0.1, 0.15) is 18.5 Å². The van der Waals surface area contributed by atoms with E-state index in [-0.39, 0.29) is 12.6 Å². The molecule has 1 unspecified atom stereocenters. The highest BCUT2D eigenvalue weighted by atomic mass is 16.5. The Hall–Kier alpha value is -3.39. The summed E-state index contributed by atoms with van der Waals surface area (Å²) in [5.74, 6) is 0.756. The Bertz CT molecular complexity index is 1140. The predicted octanol–water partition coefficient (Wildman–Crippen LogP) is 3.17. The molecule has 1 atom stereocenters. The molecule has 0 radical (unpaired) electrons. The summed E-state index contributed by atoms with van der Waals surface area (Å²) in [6.07, 6.45) is 8.61. The Morgan fingerprint density at radius 2 is 1.47 bits per heavy atom. The Labute approximate surface area is 199 Å². The first-order valence-corrected chi connectivity index (χ1v) is 11.7. The lowest BCUT2D eigenvalue weighted by molar-refractivity contribution is 0.0404. The zero-order valence-corrected chi connectivity index (χ0v) is 19.1. The average molecular weight is 456 g/mol. The molecule has 4 heterocycles. The van der Waals surface area contributed by atoms with Crippen molar-refractivity contribution in [3.8, 4) is 5.75 Å². The smallest absolute Gasteiger partial charge is 0.128 e. The molecule has 1 N–H and O–H groups in total. The summed E-state index contributed by atoms with van der Waals surface area (Å²) in [6.45, 7) is 4.45. The van der Waals surface area contributed by atoms with Crippen molar-refractivity contribution in [2.24, 2.45) is 0 Å². The first-order valence-electron chi connectivity index (χ1n) is 11.7. The average Bonchev–Trinajstić information content (AvgIpc) is 2.90. The first kappa shape index (κ1) is 22.4. The molecule has 4 aromatic rings. The van der Waals surface area contributed by atoms with Crippen molar-refractivity contribution in [3.05, 3.63) is 96.7 Å². The fraction of sp³-hybridized carbons (Fsp3) is 0.296. The van der Waals surface area contributed by atoms with Crippen LogP contribution in [0, 0.1) is 0 Å². The number of aliphatic hydroxyl groups excluding tert-OH is 1. The van der Waals surface area contributed by atoms with Gasteiger partial charge in [-0.1, -0.05) is 6.07 Å². The summed E-state index contributed by atoms with van der Waals surface area (Å²) in [4.78, 5) is 17.5. The molecule has 5 rings (SSSR count). The van der Waals surface area contributed by atoms with Crippen molar-refractivity contribution in [1.29, 1.82) is 0 Å². The van der Waals surface area contributed by atoms with E-state index in [2.05, 4.69) is 49.0 Å². The van der Waals surface area contributed by atoms with E-state index in [0.29, 0.717) is 6.54 Å². The maximum Gasteiger partial charge on any atom is 0.128 e. The summed E-state index contributed by atoms with van der Waals surface area (Å²) >= 11 is 0. The number of fused-ring (bicyclic) bond motifs is 1. The second-order valence-electron chi connectivity index (χ2n) is 8.59. The van der Waals surface area contributed by atoms with Gasteiger partial charge in [0.25, 0.3) is 0 Å². The SMILES string of the molecule is OC(COc1cccc2ncccc12)CN1CCN(C(c2ccncc2)c2ccncc2)CC1. The quantitative estimate of drug-likeness (QED) is 0.437.